The van der Waals surface area contributed by atoms with Crippen LogP contribution in [0.5, 0.6) is 11.5 Å². The van der Waals surface area contributed by atoms with Crippen LogP contribution in [0.2, 0.25) is 0 Å². The Morgan fingerprint density at radius 1 is 0.758 bits per heavy atom. The van der Waals surface area contributed by atoms with E-state index in [1.165, 1.54) is 5.56 Å². The molecule has 33 heavy (non-hydrogen) atoms. The summed E-state index contributed by atoms with van der Waals surface area (Å²) in [6.07, 6.45) is 1.76. The van der Waals surface area contributed by atoms with E-state index in [9.17, 15) is 5.11 Å². The third kappa shape index (κ3) is 4.87. The average Bonchev–Trinajstić information content (AvgIpc) is 2.82. The van der Waals surface area contributed by atoms with Crippen molar-refractivity contribution in [3.05, 3.63) is 77.4 Å². The molecule has 1 N–H and O–H groups in total. The van der Waals surface area contributed by atoms with Gasteiger partial charge in [0.15, 0.2) is 17.5 Å². The standard InChI is InChI=1S/C28H29N3O2/c1-5-15-33-21-12-14-24(25(32)17-21)28-30-26(22-13-11-18(3)16-19(22)4)29-27(31-28)23-10-8-7-9-20(23)6-2/h7-14,16-17,32H,5-6,15H2,1-4H3. The molecule has 0 aliphatic rings. The molecule has 5 heteroatoms. The second-order valence-corrected chi connectivity index (χ2v) is 8.16. The molecule has 0 amide bonds. The van der Waals surface area contributed by atoms with Gasteiger partial charge in [0.25, 0.3) is 0 Å². The van der Waals surface area contributed by atoms with E-state index < -0.39 is 0 Å². The quantitative estimate of drug-likeness (QED) is 0.354. The summed E-state index contributed by atoms with van der Waals surface area (Å²) in [6, 6.07) is 19.6. The molecular weight excluding hydrogens is 410 g/mol. The predicted octanol–water partition coefficient (Wildman–Crippen LogP) is 6.55. The Bertz CT molecular complexity index is 1280. The maximum absolute atomic E-state index is 10.8. The Morgan fingerprint density at radius 3 is 2.09 bits per heavy atom. The molecule has 1 aromatic heterocycles. The number of nitrogens with zero attached hydrogens (tertiary/aromatic N) is 3. The number of aromatic hydroxyl groups is 1. The first-order valence-corrected chi connectivity index (χ1v) is 11.4. The summed E-state index contributed by atoms with van der Waals surface area (Å²) in [5.41, 5.74) is 5.90. The minimum atomic E-state index is 0.0797. The van der Waals surface area contributed by atoms with Crippen molar-refractivity contribution in [2.24, 2.45) is 0 Å². The lowest BCUT2D eigenvalue weighted by molar-refractivity contribution is 0.315. The van der Waals surface area contributed by atoms with E-state index >= 15 is 0 Å². The number of phenolic OH excluding ortho intramolecular Hbond substituents is 1. The first-order valence-electron chi connectivity index (χ1n) is 11.4. The zero-order chi connectivity index (χ0) is 23.4. The highest BCUT2D eigenvalue weighted by molar-refractivity contribution is 5.72. The number of aromatic nitrogens is 3. The van der Waals surface area contributed by atoms with Crippen LogP contribution in [-0.2, 0) is 6.42 Å². The molecule has 3 aromatic carbocycles. The van der Waals surface area contributed by atoms with Crippen LogP contribution in [0.1, 0.15) is 37.0 Å². The summed E-state index contributed by atoms with van der Waals surface area (Å²) in [6.45, 7) is 8.89. The van der Waals surface area contributed by atoms with E-state index in [1.807, 2.05) is 37.3 Å². The van der Waals surface area contributed by atoms with E-state index in [4.69, 9.17) is 19.7 Å². The summed E-state index contributed by atoms with van der Waals surface area (Å²) >= 11 is 0. The Hall–Kier alpha value is -3.73. The second-order valence-electron chi connectivity index (χ2n) is 8.16. The lowest BCUT2D eigenvalue weighted by atomic mass is 10.0. The fraction of sp³-hybridized carbons (Fsp3) is 0.250. The maximum atomic E-state index is 10.8. The first-order chi connectivity index (χ1) is 16.0. The summed E-state index contributed by atoms with van der Waals surface area (Å²) in [4.78, 5) is 14.4. The fourth-order valence-corrected chi connectivity index (χ4v) is 3.86. The van der Waals surface area contributed by atoms with Crippen LogP contribution in [0, 0.1) is 13.8 Å². The number of hydrogen-bond donors (Lipinski definition) is 1. The van der Waals surface area contributed by atoms with Crippen molar-refractivity contribution < 1.29 is 9.84 Å². The zero-order valence-electron chi connectivity index (χ0n) is 19.6. The molecule has 0 atom stereocenters. The van der Waals surface area contributed by atoms with Gasteiger partial charge in [-0.15, -0.1) is 0 Å². The molecule has 0 spiro atoms. The average molecular weight is 440 g/mol. The van der Waals surface area contributed by atoms with Gasteiger partial charge in [-0.2, -0.15) is 0 Å². The zero-order valence-corrected chi connectivity index (χ0v) is 19.6. The Morgan fingerprint density at radius 2 is 1.42 bits per heavy atom. The van der Waals surface area contributed by atoms with E-state index in [0.29, 0.717) is 35.4 Å². The summed E-state index contributed by atoms with van der Waals surface area (Å²) in [5.74, 6) is 2.32. The summed E-state index contributed by atoms with van der Waals surface area (Å²) in [5, 5.41) is 10.8. The Kier molecular flexibility index (Phi) is 6.68. The number of aryl methyl sites for hydroxylation is 3. The van der Waals surface area contributed by atoms with Gasteiger partial charge in [-0.05, 0) is 49.9 Å². The van der Waals surface area contributed by atoms with Gasteiger partial charge in [0.1, 0.15) is 11.5 Å². The van der Waals surface area contributed by atoms with Crippen LogP contribution in [0.25, 0.3) is 34.2 Å². The molecule has 0 saturated heterocycles. The highest BCUT2D eigenvalue weighted by Crippen LogP contribution is 2.34. The molecule has 168 valence electrons. The van der Waals surface area contributed by atoms with Crippen LogP contribution in [0.3, 0.4) is 0 Å². The number of ether oxygens (including phenoxy) is 1. The monoisotopic (exact) mass is 439 g/mol. The van der Waals surface area contributed by atoms with E-state index in [0.717, 1.165) is 35.1 Å². The third-order valence-electron chi connectivity index (χ3n) is 5.58. The lowest BCUT2D eigenvalue weighted by Gasteiger charge is -2.13. The second kappa shape index (κ2) is 9.82. The molecule has 0 saturated carbocycles. The number of rotatable bonds is 7. The van der Waals surface area contributed by atoms with Crippen molar-refractivity contribution in [2.75, 3.05) is 6.61 Å². The lowest BCUT2D eigenvalue weighted by Crippen LogP contribution is -2.03. The molecular formula is C28H29N3O2. The highest BCUT2D eigenvalue weighted by atomic mass is 16.5. The minimum absolute atomic E-state index is 0.0797. The molecule has 4 aromatic rings. The molecule has 0 fully saturated rings. The SMILES string of the molecule is CCCOc1ccc(-c2nc(-c3ccc(C)cc3C)nc(-c3ccccc3CC)n2)c(O)c1. The van der Waals surface area contributed by atoms with E-state index in [1.54, 1.807) is 12.1 Å². The van der Waals surface area contributed by atoms with Gasteiger partial charge in [0.05, 0.1) is 12.2 Å². The van der Waals surface area contributed by atoms with Crippen LogP contribution < -0.4 is 4.74 Å². The van der Waals surface area contributed by atoms with Crippen LogP contribution in [0.15, 0.2) is 60.7 Å². The molecule has 4 rings (SSSR count). The van der Waals surface area contributed by atoms with Gasteiger partial charge >= 0.3 is 0 Å². The van der Waals surface area contributed by atoms with Crippen molar-refractivity contribution in [3.8, 4) is 45.7 Å². The largest absolute Gasteiger partial charge is 0.507 e. The van der Waals surface area contributed by atoms with Gasteiger partial charge < -0.3 is 9.84 Å². The minimum Gasteiger partial charge on any atom is -0.507 e. The molecule has 1 heterocycles. The number of hydrogen-bond acceptors (Lipinski definition) is 5. The number of phenols is 1. The topological polar surface area (TPSA) is 68.1 Å². The van der Waals surface area contributed by atoms with Crippen LogP contribution in [-0.4, -0.2) is 26.7 Å². The van der Waals surface area contributed by atoms with Gasteiger partial charge in [-0.1, -0.05) is 61.9 Å². The fourth-order valence-electron chi connectivity index (χ4n) is 3.86. The molecule has 5 nitrogen and oxygen atoms in total. The third-order valence-corrected chi connectivity index (χ3v) is 5.58. The van der Waals surface area contributed by atoms with Crippen LogP contribution in [0.4, 0.5) is 0 Å². The highest BCUT2D eigenvalue weighted by Gasteiger charge is 2.17. The van der Waals surface area contributed by atoms with Crippen molar-refractivity contribution in [1.82, 2.24) is 15.0 Å². The normalized spacial score (nSPS) is 10.9. The van der Waals surface area contributed by atoms with Crippen molar-refractivity contribution in [2.45, 2.75) is 40.5 Å². The molecule has 0 bridgehead atoms. The van der Waals surface area contributed by atoms with Crippen LogP contribution >= 0.6 is 0 Å². The Balaban J connectivity index is 1.90. The van der Waals surface area contributed by atoms with Gasteiger partial charge in [-0.3, -0.25) is 0 Å². The Labute approximate surface area is 195 Å². The van der Waals surface area contributed by atoms with Gasteiger partial charge in [0, 0.05) is 17.2 Å². The van der Waals surface area contributed by atoms with Crippen molar-refractivity contribution in [1.29, 1.82) is 0 Å². The van der Waals surface area contributed by atoms with E-state index in [2.05, 4.69) is 39.0 Å². The predicted molar refractivity (Wildman–Crippen MR) is 132 cm³/mol. The number of benzene rings is 3. The molecule has 0 aliphatic carbocycles. The molecule has 0 radical (unpaired) electrons. The molecule has 0 aliphatic heterocycles. The first kappa shape index (κ1) is 22.5. The van der Waals surface area contributed by atoms with Crippen molar-refractivity contribution in [3.63, 3.8) is 0 Å². The van der Waals surface area contributed by atoms with Gasteiger partial charge in [0.2, 0.25) is 0 Å². The molecule has 0 unspecified atom stereocenters. The van der Waals surface area contributed by atoms with E-state index in [-0.39, 0.29) is 5.75 Å². The summed E-state index contributed by atoms with van der Waals surface area (Å²) in [7, 11) is 0. The maximum Gasteiger partial charge on any atom is 0.167 e. The summed E-state index contributed by atoms with van der Waals surface area (Å²) < 4.78 is 5.66. The van der Waals surface area contributed by atoms with Gasteiger partial charge in [-0.25, -0.2) is 15.0 Å². The smallest absolute Gasteiger partial charge is 0.167 e. The van der Waals surface area contributed by atoms with Crippen molar-refractivity contribution >= 4 is 0 Å².